The minimum absolute atomic E-state index is 0.00537. The highest BCUT2D eigenvalue weighted by molar-refractivity contribution is 7.19. The third-order valence-corrected chi connectivity index (χ3v) is 15.2. The fourth-order valence-electron chi connectivity index (χ4n) is 10.2. The lowest BCUT2D eigenvalue weighted by Crippen LogP contribution is -2.61. The van der Waals surface area contributed by atoms with Crippen molar-refractivity contribution in [1.82, 2.24) is 39.5 Å². The second-order valence-corrected chi connectivity index (χ2v) is 20.1. The summed E-state index contributed by atoms with van der Waals surface area (Å²) in [7, 11) is 0. The number of ether oxygens (including phenoxy) is 2. The van der Waals surface area contributed by atoms with Gasteiger partial charge in [0.15, 0.2) is 11.6 Å². The van der Waals surface area contributed by atoms with Crippen LogP contribution in [0.1, 0.15) is 82.9 Å². The average Bonchev–Trinajstić information content (AvgIpc) is 3.94. The molecule has 4 saturated heterocycles. The first-order chi connectivity index (χ1) is 31.8. The van der Waals surface area contributed by atoms with E-state index in [0.29, 0.717) is 108 Å². The number of nitrogens with two attached hydrogens (primary N) is 1. The quantitative estimate of drug-likeness (QED) is 0.161. The van der Waals surface area contributed by atoms with Gasteiger partial charge in [0.05, 0.1) is 46.8 Å². The number of hydrogen-bond donors (Lipinski definition) is 4. The number of amides is 2. The van der Waals surface area contributed by atoms with E-state index in [1.54, 1.807) is 34.7 Å². The number of aliphatic hydroxyl groups is 1. The fourth-order valence-corrected chi connectivity index (χ4v) is 11.4. The summed E-state index contributed by atoms with van der Waals surface area (Å²) in [6, 6.07) is 11.3. The SMILES string of the molecule is CC(C)c1cc(C(=O)N2Cc3ccc(CN4CCC(O)(C(=O)N5CCC6(CC5)CN(Cc5cc7nc(-c8cnc(N)nc8)nc(N8CCOCC8)c7s5)CCO6)CC4)cc3C2)c(O)cc1O. The Kier molecular flexibility index (Phi) is 12.1. The Bertz CT molecular complexity index is 2620. The van der Waals surface area contributed by atoms with E-state index in [4.69, 9.17) is 25.2 Å². The molecule has 348 valence electrons. The van der Waals surface area contributed by atoms with Crippen molar-refractivity contribution < 1.29 is 34.4 Å². The van der Waals surface area contributed by atoms with Crippen LogP contribution in [0.15, 0.2) is 48.8 Å². The third kappa shape index (κ3) is 8.89. The van der Waals surface area contributed by atoms with Gasteiger partial charge in [-0.1, -0.05) is 32.0 Å². The highest BCUT2D eigenvalue weighted by Gasteiger charge is 2.46. The molecule has 18 heteroatoms. The zero-order valence-corrected chi connectivity index (χ0v) is 38.4. The highest BCUT2D eigenvalue weighted by atomic mass is 32.1. The number of carbonyl (C=O) groups excluding carboxylic acids is 2. The monoisotopic (exact) mass is 918 g/mol. The summed E-state index contributed by atoms with van der Waals surface area (Å²) in [6.07, 6.45) is 5.46. The largest absolute Gasteiger partial charge is 0.508 e. The van der Waals surface area contributed by atoms with Gasteiger partial charge < -0.3 is 45.2 Å². The Morgan fingerprint density at radius 2 is 1.56 bits per heavy atom. The van der Waals surface area contributed by atoms with E-state index < -0.39 is 5.60 Å². The second kappa shape index (κ2) is 18.0. The van der Waals surface area contributed by atoms with Crippen LogP contribution < -0.4 is 10.6 Å². The molecule has 4 fully saturated rings. The number of hydrogen-bond acceptors (Lipinski definition) is 16. The molecule has 5 N–H and O–H groups in total. The number of thiophene rings is 1. The zero-order valence-electron chi connectivity index (χ0n) is 37.6. The maximum atomic E-state index is 14.0. The first-order valence-corrected chi connectivity index (χ1v) is 23.9. The lowest BCUT2D eigenvalue weighted by Gasteiger charge is -2.48. The summed E-state index contributed by atoms with van der Waals surface area (Å²) in [6.45, 7) is 13.4. The number of likely N-dealkylation sites (tertiary alicyclic amines) is 2. The van der Waals surface area contributed by atoms with Crippen LogP contribution in [0, 0.1) is 0 Å². The number of benzene rings is 2. The number of piperidine rings is 2. The second-order valence-electron chi connectivity index (χ2n) is 18.9. The minimum Gasteiger partial charge on any atom is -0.508 e. The summed E-state index contributed by atoms with van der Waals surface area (Å²) in [4.78, 5) is 57.6. The molecule has 5 aliphatic heterocycles. The summed E-state index contributed by atoms with van der Waals surface area (Å²) < 4.78 is 13.2. The van der Waals surface area contributed by atoms with E-state index in [1.165, 1.54) is 10.9 Å². The molecule has 0 unspecified atom stereocenters. The number of rotatable bonds is 9. The van der Waals surface area contributed by atoms with Gasteiger partial charge in [0, 0.05) is 102 Å². The lowest BCUT2D eigenvalue weighted by molar-refractivity contribution is -0.168. The standard InChI is InChI=1S/C48H58N10O7S/c1-30(2)36-21-37(40(60)22-39(36)59)44(61)58-26-32-4-3-31(19-33(32)27-58)25-54-9-7-48(63,8-10-54)45(62)57-11-5-47(6-12-57)29-55(13-18-65-47)28-35-20-38-41(66-35)43(56-14-16-64-17-15-56)53-42(52-38)34-23-50-46(49)51-24-34/h3-4,19-24,30,59-60,63H,5-18,25-29H2,1-2H3,(H2,49,50,51). The molecule has 2 aromatic carbocycles. The van der Waals surface area contributed by atoms with Crippen molar-refractivity contribution >= 4 is 45.1 Å². The highest BCUT2D eigenvalue weighted by Crippen LogP contribution is 2.39. The van der Waals surface area contributed by atoms with Crippen molar-refractivity contribution in [3.05, 3.63) is 81.5 Å². The van der Waals surface area contributed by atoms with Crippen LogP contribution in [-0.2, 0) is 40.4 Å². The Balaban J connectivity index is 0.727. The van der Waals surface area contributed by atoms with Gasteiger partial charge in [0.2, 0.25) is 5.95 Å². The molecule has 0 atom stereocenters. The number of anilines is 2. The molecular formula is C48H58N10O7S. The predicted octanol–water partition coefficient (Wildman–Crippen LogP) is 4.48. The van der Waals surface area contributed by atoms with Gasteiger partial charge in [-0.3, -0.25) is 19.4 Å². The van der Waals surface area contributed by atoms with Gasteiger partial charge in [-0.15, -0.1) is 11.3 Å². The van der Waals surface area contributed by atoms with Crippen LogP contribution in [-0.4, -0.2) is 150 Å². The number of aromatic nitrogens is 4. The lowest BCUT2D eigenvalue weighted by atomic mass is 9.85. The van der Waals surface area contributed by atoms with Crippen LogP contribution in [0.4, 0.5) is 11.8 Å². The van der Waals surface area contributed by atoms with E-state index in [2.05, 4.69) is 48.9 Å². The van der Waals surface area contributed by atoms with Crippen molar-refractivity contribution in [2.24, 2.45) is 0 Å². The molecule has 2 amide bonds. The molecular weight excluding hydrogens is 861 g/mol. The Labute approximate surface area is 387 Å². The molecule has 0 bridgehead atoms. The number of nitrogen functional groups attached to an aromatic ring is 1. The Morgan fingerprint density at radius 1 is 0.818 bits per heavy atom. The van der Waals surface area contributed by atoms with Crippen LogP contribution in [0.3, 0.4) is 0 Å². The molecule has 0 radical (unpaired) electrons. The van der Waals surface area contributed by atoms with E-state index >= 15 is 0 Å². The third-order valence-electron chi connectivity index (χ3n) is 14.1. The van der Waals surface area contributed by atoms with Gasteiger partial charge in [-0.25, -0.2) is 19.9 Å². The molecule has 10 rings (SSSR count). The first-order valence-electron chi connectivity index (χ1n) is 23.1. The van der Waals surface area contributed by atoms with Crippen molar-refractivity contribution in [1.29, 1.82) is 0 Å². The number of fused-ring (bicyclic) bond motifs is 2. The molecule has 5 aliphatic rings. The van der Waals surface area contributed by atoms with Crippen LogP contribution in [0.5, 0.6) is 11.5 Å². The van der Waals surface area contributed by atoms with Gasteiger partial charge in [-0.2, -0.15) is 0 Å². The molecule has 66 heavy (non-hydrogen) atoms. The number of carbonyl (C=O) groups is 2. The zero-order chi connectivity index (χ0) is 45.7. The topological polar surface area (TPSA) is 207 Å². The van der Waals surface area contributed by atoms with E-state index in [0.717, 1.165) is 65.4 Å². The van der Waals surface area contributed by atoms with E-state index in [9.17, 15) is 24.9 Å². The fraction of sp³-hybridized carbons (Fsp3) is 0.500. The van der Waals surface area contributed by atoms with Gasteiger partial charge in [-0.05, 0) is 66.0 Å². The van der Waals surface area contributed by atoms with Gasteiger partial charge in [0.25, 0.3) is 11.8 Å². The van der Waals surface area contributed by atoms with E-state index in [-0.39, 0.29) is 46.3 Å². The van der Waals surface area contributed by atoms with E-state index in [1.807, 2.05) is 18.7 Å². The molecule has 17 nitrogen and oxygen atoms in total. The molecule has 3 aromatic heterocycles. The first kappa shape index (κ1) is 44.3. The van der Waals surface area contributed by atoms with Crippen LogP contribution >= 0.6 is 11.3 Å². The molecule has 5 aromatic rings. The molecule has 1 spiro atoms. The maximum Gasteiger partial charge on any atom is 0.258 e. The average molecular weight is 919 g/mol. The maximum absolute atomic E-state index is 14.0. The Hall–Kier alpha value is -5.50. The molecule has 0 saturated carbocycles. The summed E-state index contributed by atoms with van der Waals surface area (Å²) in [5.41, 5.74) is 9.64. The smallest absolute Gasteiger partial charge is 0.258 e. The molecule has 0 aliphatic carbocycles. The number of phenolic OH excluding ortho intramolecular Hbond substituents is 2. The predicted molar refractivity (Wildman–Crippen MR) is 249 cm³/mol. The van der Waals surface area contributed by atoms with Crippen molar-refractivity contribution in [2.75, 3.05) is 82.8 Å². The van der Waals surface area contributed by atoms with Gasteiger partial charge >= 0.3 is 0 Å². The van der Waals surface area contributed by atoms with Crippen molar-refractivity contribution in [2.45, 2.75) is 82.8 Å². The minimum atomic E-state index is -1.40. The summed E-state index contributed by atoms with van der Waals surface area (Å²) in [5.74, 6) is 0.953. The number of morpholine rings is 2. The van der Waals surface area contributed by atoms with Crippen molar-refractivity contribution in [3.8, 4) is 22.9 Å². The number of phenols is 2. The Morgan fingerprint density at radius 3 is 2.30 bits per heavy atom. The number of aromatic hydroxyl groups is 2. The normalized spacial score (nSPS) is 20.1. The number of nitrogens with zero attached hydrogens (tertiary/aromatic N) is 9. The van der Waals surface area contributed by atoms with Crippen molar-refractivity contribution in [3.63, 3.8) is 0 Å². The summed E-state index contributed by atoms with van der Waals surface area (Å²) in [5, 5.41) is 32.6. The van der Waals surface area contributed by atoms with Crippen LogP contribution in [0.2, 0.25) is 0 Å². The molecule has 8 heterocycles. The van der Waals surface area contributed by atoms with Gasteiger partial charge in [0.1, 0.15) is 17.1 Å². The summed E-state index contributed by atoms with van der Waals surface area (Å²) >= 11 is 1.73. The van der Waals surface area contributed by atoms with Crippen LogP contribution in [0.25, 0.3) is 21.6 Å².